The Kier molecular flexibility index (Phi) is 4.80. The highest BCUT2D eigenvalue weighted by atomic mass is 127. The molecule has 0 aliphatic carbocycles. The highest BCUT2D eigenvalue weighted by Crippen LogP contribution is 2.40. The van der Waals surface area contributed by atoms with E-state index in [1.165, 1.54) is 14.0 Å². The lowest BCUT2D eigenvalue weighted by molar-refractivity contribution is 1.20. The first-order valence-electron chi connectivity index (χ1n) is 4.84. The third-order valence-electron chi connectivity index (χ3n) is 2.36. The zero-order chi connectivity index (χ0) is 12.6. The number of rotatable bonds is 2. The minimum absolute atomic E-state index is 0.143. The fraction of sp³-hybridized carbons (Fsp3) is 0.167. The molecule has 0 aliphatic heterocycles. The van der Waals surface area contributed by atoms with Gasteiger partial charge in [-0.2, -0.15) is 0 Å². The molecule has 0 radical (unpaired) electrons. The van der Waals surface area contributed by atoms with Crippen molar-refractivity contribution < 1.29 is 0 Å². The Labute approximate surface area is 137 Å². The molecule has 0 saturated carbocycles. The lowest BCUT2D eigenvalue weighted by atomic mass is 10.1. The van der Waals surface area contributed by atoms with Crippen molar-refractivity contribution in [2.45, 2.75) is 11.8 Å². The van der Waals surface area contributed by atoms with Crippen molar-refractivity contribution in [3.63, 3.8) is 0 Å². The Hall–Kier alpha value is 0.710. The second kappa shape index (κ2) is 5.78. The van der Waals surface area contributed by atoms with E-state index in [2.05, 4.69) is 44.6 Å². The summed E-state index contributed by atoms with van der Waals surface area (Å²) in [6.07, 6.45) is 0. The van der Waals surface area contributed by atoms with Crippen LogP contribution >= 0.6 is 73.1 Å². The second-order valence-electron chi connectivity index (χ2n) is 3.63. The second-order valence-corrected chi connectivity index (χ2v) is 7.83. The maximum Gasteiger partial charge on any atom is 0.0960 e. The van der Waals surface area contributed by atoms with Gasteiger partial charge < -0.3 is 0 Å². The van der Waals surface area contributed by atoms with Crippen molar-refractivity contribution in [3.05, 3.63) is 53.2 Å². The van der Waals surface area contributed by atoms with Crippen molar-refractivity contribution in [2.24, 2.45) is 0 Å². The lowest BCUT2D eigenvalue weighted by Crippen LogP contribution is -1.93. The van der Waals surface area contributed by atoms with E-state index in [-0.39, 0.29) is 4.83 Å². The van der Waals surface area contributed by atoms with E-state index in [1.54, 1.807) is 11.3 Å². The summed E-state index contributed by atoms with van der Waals surface area (Å²) in [5.41, 5.74) is 2.30. The van der Waals surface area contributed by atoms with Crippen molar-refractivity contribution in [3.8, 4) is 0 Å². The molecule has 1 aromatic carbocycles. The molecule has 0 saturated heterocycles. The van der Waals surface area contributed by atoms with Crippen LogP contribution in [0.25, 0.3) is 0 Å². The fourth-order valence-corrected chi connectivity index (χ4v) is 4.73. The number of thiophene rings is 1. The van der Waals surface area contributed by atoms with Crippen LogP contribution in [0.4, 0.5) is 0 Å². The quantitative estimate of drug-likeness (QED) is 0.356. The van der Waals surface area contributed by atoms with E-state index >= 15 is 0 Å². The summed E-state index contributed by atoms with van der Waals surface area (Å²) in [4.78, 5) is 1.34. The Bertz CT molecular complexity index is 534. The number of hydrogen-bond donors (Lipinski definition) is 0. The van der Waals surface area contributed by atoms with Gasteiger partial charge in [0.1, 0.15) is 0 Å². The van der Waals surface area contributed by atoms with Crippen LogP contribution in [0.3, 0.4) is 0 Å². The Morgan fingerprint density at radius 3 is 2.59 bits per heavy atom. The lowest BCUT2D eigenvalue weighted by Gasteiger charge is -2.10. The van der Waals surface area contributed by atoms with Gasteiger partial charge in [-0.1, -0.05) is 39.1 Å². The smallest absolute Gasteiger partial charge is 0.0960 e. The van der Waals surface area contributed by atoms with E-state index in [9.17, 15) is 0 Å². The van der Waals surface area contributed by atoms with E-state index in [4.69, 9.17) is 23.2 Å². The molecule has 0 aliphatic rings. The third-order valence-corrected chi connectivity index (χ3v) is 6.48. The van der Waals surface area contributed by atoms with Gasteiger partial charge in [-0.05, 0) is 64.9 Å². The molecule has 1 aromatic heterocycles. The average Bonchev–Trinajstić information content (AvgIpc) is 2.62. The molecule has 0 nitrogen and oxygen atoms in total. The van der Waals surface area contributed by atoms with Gasteiger partial charge in [0.15, 0.2) is 0 Å². The summed E-state index contributed by atoms with van der Waals surface area (Å²) in [7, 11) is 0. The van der Waals surface area contributed by atoms with Gasteiger partial charge in [0.05, 0.1) is 9.16 Å². The van der Waals surface area contributed by atoms with E-state index in [0.29, 0.717) is 0 Å². The minimum atomic E-state index is 0.143. The van der Waals surface area contributed by atoms with Crippen LogP contribution in [0, 0.1) is 10.5 Å². The molecule has 0 fully saturated rings. The monoisotopic (exact) mass is 460 g/mol. The zero-order valence-electron chi connectivity index (χ0n) is 8.81. The van der Waals surface area contributed by atoms with Crippen molar-refractivity contribution in [1.82, 2.24) is 0 Å². The third kappa shape index (κ3) is 3.18. The van der Waals surface area contributed by atoms with Crippen LogP contribution < -0.4 is 0 Å². The Balaban J connectivity index is 2.42. The highest BCUT2D eigenvalue weighted by Gasteiger charge is 2.17. The molecule has 1 unspecified atom stereocenters. The zero-order valence-corrected chi connectivity index (χ0v) is 14.9. The van der Waals surface area contributed by atoms with Crippen LogP contribution in [-0.4, -0.2) is 0 Å². The van der Waals surface area contributed by atoms with Crippen molar-refractivity contribution in [1.29, 1.82) is 0 Å². The van der Waals surface area contributed by atoms with Crippen LogP contribution in [0.15, 0.2) is 24.3 Å². The summed E-state index contributed by atoms with van der Waals surface area (Å²) in [5, 5.41) is 0.754. The van der Waals surface area contributed by atoms with E-state index in [1.807, 2.05) is 25.1 Å². The van der Waals surface area contributed by atoms with Gasteiger partial charge in [0.2, 0.25) is 0 Å². The molecular formula is C12H8BrCl2IS. The SMILES string of the molecule is Cc1cc(C(Br)c2cc(Cl)ccc2I)sc1Cl. The number of halogens is 4. The van der Waals surface area contributed by atoms with E-state index < -0.39 is 0 Å². The predicted molar refractivity (Wildman–Crippen MR) is 89.0 cm³/mol. The predicted octanol–water partition coefficient (Wildman–Crippen LogP) is 6.45. The van der Waals surface area contributed by atoms with Crippen LogP contribution in [0.1, 0.15) is 20.8 Å². The first-order chi connectivity index (χ1) is 7.99. The van der Waals surface area contributed by atoms with Gasteiger partial charge in [0.25, 0.3) is 0 Å². The molecule has 0 spiro atoms. The molecule has 2 rings (SSSR count). The average molecular weight is 462 g/mol. The Morgan fingerprint density at radius 2 is 2.00 bits per heavy atom. The van der Waals surface area contributed by atoms with Gasteiger partial charge in [0, 0.05) is 13.5 Å². The first-order valence-corrected chi connectivity index (χ1v) is 8.40. The number of benzene rings is 1. The molecular weight excluding hydrogens is 454 g/mol. The summed E-state index contributed by atoms with van der Waals surface area (Å²) in [6, 6.07) is 8.03. The molecule has 1 atom stereocenters. The Morgan fingerprint density at radius 1 is 1.29 bits per heavy atom. The molecule has 17 heavy (non-hydrogen) atoms. The molecule has 2 aromatic rings. The molecule has 0 bridgehead atoms. The normalized spacial score (nSPS) is 12.8. The highest BCUT2D eigenvalue weighted by molar-refractivity contribution is 14.1. The van der Waals surface area contributed by atoms with Crippen LogP contribution in [0.5, 0.6) is 0 Å². The summed E-state index contributed by atoms with van der Waals surface area (Å²) < 4.78 is 2.04. The maximum atomic E-state index is 6.10. The number of alkyl halides is 1. The van der Waals surface area contributed by atoms with Gasteiger partial charge in [-0.15, -0.1) is 11.3 Å². The number of aryl methyl sites for hydroxylation is 1. The molecule has 1 heterocycles. The topological polar surface area (TPSA) is 0 Å². The largest absolute Gasteiger partial charge is 0.127 e. The maximum absolute atomic E-state index is 6.10. The molecule has 0 amide bonds. The first kappa shape index (κ1) is 14.1. The van der Waals surface area contributed by atoms with Gasteiger partial charge in [-0.3, -0.25) is 0 Å². The summed E-state index contributed by atoms with van der Waals surface area (Å²) in [6.45, 7) is 2.02. The van der Waals surface area contributed by atoms with Gasteiger partial charge in [-0.25, -0.2) is 0 Å². The van der Waals surface area contributed by atoms with Crippen LogP contribution in [0.2, 0.25) is 9.36 Å². The summed E-state index contributed by atoms with van der Waals surface area (Å²) in [5.74, 6) is 0. The molecule has 5 heteroatoms. The fourth-order valence-electron chi connectivity index (χ4n) is 1.47. The molecule has 0 N–H and O–H groups in total. The molecule has 90 valence electrons. The van der Waals surface area contributed by atoms with Crippen LogP contribution in [-0.2, 0) is 0 Å². The van der Waals surface area contributed by atoms with Gasteiger partial charge >= 0.3 is 0 Å². The number of hydrogen-bond acceptors (Lipinski definition) is 1. The summed E-state index contributed by atoms with van der Waals surface area (Å²) >= 11 is 19.8. The minimum Gasteiger partial charge on any atom is -0.127 e. The van der Waals surface area contributed by atoms with E-state index in [0.717, 1.165) is 14.9 Å². The standard InChI is InChI=1S/C12H8BrCl2IS/c1-6-4-10(17-12(6)15)11(13)8-5-7(14)2-3-9(8)16/h2-5,11H,1H3. The van der Waals surface area contributed by atoms with Crippen molar-refractivity contribution >= 4 is 73.1 Å². The van der Waals surface area contributed by atoms with Crippen molar-refractivity contribution in [2.75, 3.05) is 0 Å².